The van der Waals surface area contributed by atoms with Crippen LogP contribution in [-0.2, 0) is 18.3 Å². The first kappa shape index (κ1) is 16.0. The van der Waals surface area contributed by atoms with Crippen molar-refractivity contribution in [2.45, 2.75) is 51.4 Å². The monoisotopic (exact) mass is 306 g/mol. The van der Waals surface area contributed by atoms with Crippen molar-refractivity contribution < 1.29 is 4.74 Å². The van der Waals surface area contributed by atoms with Crippen molar-refractivity contribution in [3.63, 3.8) is 0 Å². The van der Waals surface area contributed by atoms with Gasteiger partial charge in [-0.2, -0.15) is 5.10 Å². The fraction of sp³-hybridized carbons (Fsp3) is 0.824. The normalized spacial score (nSPS) is 30.0. The lowest BCUT2D eigenvalue weighted by Gasteiger charge is -2.49. The van der Waals surface area contributed by atoms with Crippen LogP contribution in [-0.4, -0.2) is 64.5 Å². The fourth-order valence-electron chi connectivity index (χ4n) is 3.94. The van der Waals surface area contributed by atoms with Gasteiger partial charge in [-0.15, -0.1) is 0 Å². The van der Waals surface area contributed by atoms with Crippen molar-refractivity contribution in [1.29, 1.82) is 0 Å². The molecular weight excluding hydrogens is 276 g/mol. The van der Waals surface area contributed by atoms with Crippen molar-refractivity contribution in [3.05, 3.63) is 18.0 Å². The Hall–Kier alpha value is -0.910. The Morgan fingerprint density at radius 2 is 2.23 bits per heavy atom. The van der Waals surface area contributed by atoms with Gasteiger partial charge in [0, 0.05) is 57.1 Å². The van der Waals surface area contributed by atoms with E-state index in [4.69, 9.17) is 4.74 Å². The largest absolute Gasteiger partial charge is 0.376 e. The van der Waals surface area contributed by atoms with Crippen molar-refractivity contribution in [2.24, 2.45) is 13.0 Å². The van der Waals surface area contributed by atoms with E-state index in [0.717, 1.165) is 26.2 Å². The van der Waals surface area contributed by atoms with Crippen molar-refractivity contribution in [2.75, 3.05) is 26.7 Å². The smallest absolute Gasteiger partial charge is 0.0782 e. The number of likely N-dealkylation sites (tertiary alicyclic amines) is 1. The molecule has 0 aliphatic carbocycles. The standard InChI is InChI=1S/C17H30N4O/c1-13(2)20(4)16-12-21(10-14-8-18-19(3)9-14)11-15-6-5-7-22-17(15)16/h8-9,13,15-17H,5-7,10-12H2,1-4H3/t15-,16-,17-/m1/s1. The number of hydrogen-bond donors (Lipinski definition) is 0. The summed E-state index contributed by atoms with van der Waals surface area (Å²) in [6, 6.07) is 1.05. The highest BCUT2D eigenvalue weighted by Gasteiger charge is 2.41. The lowest BCUT2D eigenvalue weighted by Crippen LogP contribution is -2.61. The van der Waals surface area contributed by atoms with Crippen LogP contribution in [0.2, 0.25) is 0 Å². The summed E-state index contributed by atoms with van der Waals surface area (Å²) >= 11 is 0. The second-order valence-corrected chi connectivity index (χ2v) is 7.28. The zero-order valence-electron chi connectivity index (χ0n) is 14.4. The molecule has 1 aromatic rings. The number of fused-ring (bicyclic) bond motifs is 1. The molecule has 2 fully saturated rings. The maximum Gasteiger partial charge on any atom is 0.0782 e. The number of aryl methyl sites for hydroxylation is 1. The minimum Gasteiger partial charge on any atom is -0.376 e. The van der Waals surface area contributed by atoms with E-state index in [1.54, 1.807) is 0 Å². The van der Waals surface area contributed by atoms with Gasteiger partial charge in [0.2, 0.25) is 0 Å². The summed E-state index contributed by atoms with van der Waals surface area (Å²) in [5.41, 5.74) is 1.31. The molecule has 0 saturated carbocycles. The average molecular weight is 306 g/mol. The van der Waals surface area contributed by atoms with Crippen molar-refractivity contribution in [1.82, 2.24) is 19.6 Å². The molecule has 0 amide bonds. The van der Waals surface area contributed by atoms with Crippen LogP contribution in [0.15, 0.2) is 12.4 Å². The van der Waals surface area contributed by atoms with E-state index in [1.165, 1.54) is 18.4 Å². The van der Waals surface area contributed by atoms with Crippen LogP contribution in [0.1, 0.15) is 32.3 Å². The van der Waals surface area contributed by atoms with E-state index >= 15 is 0 Å². The molecule has 0 spiro atoms. The van der Waals surface area contributed by atoms with Gasteiger partial charge in [-0.3, -0.25) is 14.5 Å². The second-order valence-electron chi connectivity index (χ2n) is 7.28. The maximum atomic E-state index is 6.18. The predicted molar refractivity (Wildman–Crippen MR) is 87.6 cm³/mol. The van der Waals surface area contributed by atoms with Gasteiger partial charge in [0.1, 0.15) is 0 Å². The number of nitrogens with zero attached hydrogens (tertiary/aromatic N) is 4. The number of hydrogen-bond acceptors (Lipinski definition) is 4. The Kier molecular flexibility index (Phi) is 4.85. The van der Waals surface area contributed by atoms with Gasteiger partial charge >= 0.3 is 0 Å². The molecule has 0 N–H and O–H groups in total. The van der Waals surface area contributed by atoms with Crippen molar-refractivity contribution in [3.8, 4) is 0 Å². The third-order valence-electron chi connectivity index (χ3n) is 5.31. The highest BCUT2D eigenvalue weighted by Crippen LogP contribution is 2.32. The minimum atomic E-state index is 0.409. The molecule has 0 unspecified atom stereocenters. The summed E-state index contributed by atoms with van der Waals surface area (Å²) < 4.78 is 8.08. The highest BCUT2D eigenvalue weighted by atomic mass is 16.5. The molecule has 1 aromatic heterocycles. The van der Waals surface area contributed by atoms with E-state index in [2.05, 4.69) is 42.0 Å². The molecule has 3 atom stereocenters. The number of piperidine rings is 1. The van der Waals surface area contributed by atoms with E-state index in [1.807, 2.05) is 17.9 Å². The van der Waals surface area contributed by atoms with Crippen LogP contribution < -0.4 is 0 Å². The number of aromatic nitrogens is 2. The van der Waals surface area contributed by atoms with Gasteiger partial charge < -0.3 is 4.74 Å². The van der Waals surface area contributed by atoms with Gasteiger partial charge in [0.15, 0.2) is 0 Å². The molecule has 2 aliphatic heterocycles. The van der Waals surface area contributed by atoms with Crippen LogP contribution in [0.4, 0.5) is 0 Å². The minimum absolute atomic E-state index is 0.409. The van der Waals surface area contributed by atoms with Crippen LogP contribution >= 0.6 is 0 Å². The van der Waals surface area contributed by atoms with Gasteiger partial charge in [0.05, 0.1) is 12.3 Å². The quantitative estimate of drug-likeness (QED) is 0.848. The Balaban J connectivity index is 1.73. The van der Waals surface area contributed by atoms with Crippen LogP contribution in [0.3, 0.4) is 0 Å². The summed E-state index contributed by atoms with van der Waals surface area (Å²) in [6.45, 7) is 8.73. The van der Waals surface area contributed by atoms with Crippen LogP contribution in [0, 0.1) is 5.92 Å². The van der Waals surface area contributed by atoms with Crippen molar-refractivity contribution >= 4 is 0 Å². The van der Waals surface area contributed by atoms with Crippen LogP contribution in [0.5, 0.6) is 0 Å². The molecule has 0 aromatic carbocycles. The fourth-order valence-corrected chi connectivity index (χ4v) is 3.94. The number of likely N-dealkylation sites (N-methyl/N-ethyl adjacent to an activating group) is 1. The van der Waals surface area contributed by atoms with E-state index in [0.29, 0.717) is 24.1 Å². The molecule has 3 heterocycles. The molecule has 0 radical (unpaired) electrons. The molecule has 3 rings (SSSR count). The zero-order chi connectivity index (χ0) is 15.7. The van der Waals surface area contributed by atoms with E-state index < -0.39 is 0 Å². The molecule has 2 aliphatic rings. The Morgan fingerprint density at radius 3 is 2.91 bits per heavy atom. The van der Waals surface area contributed by atoms with E-state index in [-0.39, 0.29) is 0 Å². The SMILES string of the molecule is CC(C)N(C)[C@@H]1CN(Cc2cnn(C)c2)C[C@H]2CCCO[C@H]21. The second kappa shape index (κ2) is 6.69. The molecule has 2 saturated heterocycles. The number of rotatable bonds is 4. The number of ether oxygens (including phenoxy) is 1. The maximum absolute atomic E-state index is 6.18. The summed E-state index contributed by atoms with van der Waals surface area (Å²) in [6.07, 6.45) is 7.04. The Bertz CT molecular complexity index is 487. The molecule has 5 heteroatoms. The van der Waals surface area contributed by atoms with Crippen LogP contribution in [0.25, 0.3) is 0 Å². The first-order chi connectivity index (χ1) is 10.5. The first-order valence-corrected chi connectivity index (χ1v) is 8.58. The molecule has 0 bridgehead atoms. The Morgan fingerprint density at radius 1 is 1.41 bits per heavy atom. The summed E-state index contributed by atoms with van der Waals surface area (Å²) in [4.78, 5) is 5.09. The highest BCUT2D eigenvalue weighted by molar-refractivity contribution is 5.05. The van der Waals surface area contributed by atoms with Gasteiger partial charge in [0.25, 0.3) is 0 Å². The average Bonchev–Trinajstić information content (AvgIpc) is 2.90. The first-order valence-electron chi connectivity index (χ1n) is 8.58. The summed E-state index contributed by atoms with van der Waals surface area (Å²) in [5, 5.41) is 4.30. The predicted octanol–water partition coefficient (Wildman–Crippen LogP) is 1.74. The molecule has 22 heavy (non-hydrogen) atoms. The van der Waals surface area contributed by atoms with Gasteiger partial charge in [-0.05, 0) is 39.7 Å². The van der Waals surface area contributed by atoms with E-state index in [9.17, 15) is 0 Å². The zero-order valence-corrected chi connectivity index (χ0v) is 14.4. The molecule has 5 nitrogen and oxygen atoms in total. The third-order valence-corrected chi connectivity index (χ3v) is 5.31. The Labute approximate surface area is 134 Å². The third kappa shape index (κ3) is 3.36. The lowest BCUT2D eigenvalue weighted by atomic mass is 9.84. The topological polar surface area (TPSA) is 33.5 Å². The molecular formula is C17H30N4O. The van der Waals surface area contributed by atoms with Gasteiger partial charge in [-0.25, -0.2) is 0 Å². The summed E-state index contributed by atoms with van der Waals surface area (Å²) in [7, 11) is 4.23. The molecule has 124 valence electrons. The summed E-state index contributed by atoms with van der Waals surface area (Å²) in [5.74, 6) is 0.672. The lowest BCUT2D eigenvalue weighted by molar-refractivity contribution is -0.116. The van der Waals surface area contributed by atoms with Gasteiger partial charge in [-0.1, -0.05) is 0 Å².